The van der Waals surface area contributed by atoms with Crippen LogP contribution < -0.4 is 5.32 Å². The molecule has 2 atom stereocenters. The van der Waals surface area contributed by atoms with Gasteiger partial charge in [-0.3, -0.25) is 10.1 Å². The Bertz CT molecular complexity index is 359. The Morgan fingerprint density at radius 3 is 2.29 bits per heavy atom. The first kappa shape index (κ1) is 13.5. The number of hydrogen-bond acceptors (Lipinski definition) is 2. The standard InChI is InChI=1S/C11H12F3NO2/c12-9(13)10(14)15-8(11(16)17)6-7-4-2-1-3-5-7/h1-5,8-10,15H,6H2,(H,16,17). The van der Waals surface area contributed by atoms with Crippen molar-refractivity contribution in [1.82, 2.24) is 5.32 Å². The van der Waals surface area contributed by atoms with Crippen LogP contribution in [0.4, 0.5) is 13.2 Å². The molecule has 3 nitrogen and oxygen atoms in total. The molecule has 0 amide bonds. The smallest absolute Gasteiger partial charge is 0.321 e. The van der Waals surface area contributed by atoms with E-state index in [2.05, 4.69) is 0 Å². The minimum atomic E-state index is -3.24. The molecule has 0 radical (unpaired) electrons. The molecule has 0 spiro atoms. The predicted molar refractivity (Wildman–Crippen MR) is 55.6 cm³/mol. The van der Waals surface area contributed by atoms with Crippen LogP contribution in [-0.2, 0) is 11.2 Å². The number of nitrogens with one attached hydrogen (secondary N) is 1. The number of carboxylic acids is 1. The predicted octanol–water partition coefficient (Wildman–Crippen LogP) is 1.83. The zero-order valence-corrected chi connectivity index (χ0v) is 8.82. The number of carboxylic acid groups (broad SMARTS) is 1. The van der Waals surface area contributed by atoms with Gasteiger partial charge in [0.25, 0.3) is 6.43 Å². The summed E-state index contributed by atoms with van der Waals surface area (Å²) in [7, 11) is 0. The third kappa shape index (κ3) is 4.44. The summed E-state index contributed by atoms with van der Waals surface area (Å²) in [6.45, 7) is 0. The average Bonchev–Trinajstić information content (AvgIpc) is 2.29. The van der Waals surface area contributed by atoms with Gasteiger partial charge in [-0.2, -0.15) is 0 Å². The van der Waals surface area contributed by atoms with Crippen molar-refractivity contribution in [1.29, 1.82) is 0 Å². The van der Waals surface area contributed by atoms with Crippen LogP contribution in [0.2, 0.25) is 0 Å². The molecular formula is C11H12F3NO2. The van der Waals surface area contributed by atoms with Crippen LogP contribution in [0.15, 0.2) is 30.3 Å². The van der Waals surface area contributed by atoms with Crippen LogP contribution in [0.1, 0.15) is 5.56 Å². The van der Waals surface area contributed by atoms with Gasteiger partial charge in [-0.05, 0) is 12.0 Å². The first-order chi connectivity index (χ1) is 8.00. The summed E-state index contributed by atoms with van der Waals surface area (Å²) >= 11 is 0. The number of rotatable bonds is 6. The van der Waals surface area contributed by atoms with E-state index in [9.17, 15) is 18.0 Å². The molecule has 0 aromatic heterocycles. The van der Waals surface area contributed by atoms with Crippen molar-refractivity contribution < 1.29 is 23.1 Å². The summed E-state index contributed by atoms with van der Waals surface area (Å²) in [5.74, 6) is -1.36. The van der Waals surface area contributed by atoms with Gasteiger partial charge in [-0.1, -0.05) is 30.3 Å². The number of alkyl halides is 3. The van der Waals surface area contributed by atoms with Gasteiger partial charge in [0, 0.05) is 0 Å². The van der Waals surface area contributed by atoms with Crippen molar-refractivity contribution in [3.8, 4) is 0 Å². The van der Waals surface area contributed by atoms with Crippen LogP contribution in [0.5, 0.6) is 0 Å². The molecule has 0 heterocycles. The molecule has 0 aliphatic carbocycles. The lowest BCUT2D eigenvalue weighted by molar-refractivity contribution is -0.140. The fourth-order valence-corrected chi connectivity index (χ4v) is 1.33. The molecule has 0 aliphatic rings. The van der Waals surface area contributed by atoms with Crippen LogP contribution in [0.25, 0.3) is 0 Å². The van der Waals surface area contributed by atoms with E-state index >= 15 is 0 Å². The molecule has 1 rings (SSSR count). The molecule has 0 saturated heterocycles. The van der Waals surface area contributed by atoms with E-state index in [0.29, 0.717) is 5.56 Å². The fraction of sp³-hybridized carbons (Fsp3) is 0.364. The zero-order valence-electron chi connectivity index (χ0n) is 8.82. The molecule has 2 N–H and O–H groups in total. The number of benzene rings is 1. The highest BCUT2D eigenvalue weighted by atomic mass is 19.3. The molecule has 94 valence electrons. The second-order valence-electron chi connectivity index (χ2n) is 3.48. The Labute approximate surface area is 96.3 Å². The van der Waals surface area contributed by atoms with Gasteiger partial charge in [0.15, 0.2) is 0 Å². The summed E-state index contributed by atoms with van der Waals surface area (Å²) in [6, 6.07) is 7.04. The number of carbonyl (C=O) groups is 1. The molecular weight excluding hydrogens is 235 g/mol. The number of aliphatic carboxylic acids is 1. The SMILES string of the molecule is O=C(O)C(Cc1ccccc1)NC(F)C(F)F. The zero-order chi connectivity index (χ0) is 12.8. The minimum absolute atomic E-state index is 0.0523. The second kappa shape index (κ2) is 6.24. The highest BCUT2D eigenvalue weighted by Gasteiger charge is 2.26. The maximum absolute atomic E-state index is 12.7. The number of halogens is 3. The Morgan fingerprint density at radius 1 is 1.24 bits per heavy atom. The van der Waals surface area contributed by atoms with Crippen molar-refractivity contribution in [2.45, 2.75) is 25.2 Å². The normalized spacial score (nSPS) is 14.6. The Hall–Kier alpha value is -1.56. The lowest BCUT2D eigenvalue weighted by atomic mass is 10.1. The molecule has 1 aromatic carbocycles. The van der Waals surface area contributed by atoms with E-state index in [0.717, 1.165) is 0 Å². The summed E-state index contributed by atoms with van der Waals surface area (Å²) in [6.07, 6.45) is -5.93. The third-order valence-corrected chi connectivity index (χ3v) is 2.16. The highest BCUT2D eigenvalue weighted by Crippen LogP contribution is 2.08. The van der Waals surface area contributed by atoms with Crippen molar-refractivity contribution in [2.75, 3.05) is 0 Å². The maximum atomic E-state index is 12.7. The topological polar surface area (TPSA) is 49.3 Å². The monoisotopic (exact) mass is 247 g/mol. The summed E-state index contributed by atoms with van der Waals surface area (Å²) in [5.41, 5.74) is 0.633. The molecule has 0 fully saturated rings. The lowest BCUT2D eigenvalue weighted by Crippen LogP contribution is -2.45. The van der Waals surface area contributed by atoms with Gasteiger partial charge < -0.3 is 5.11 Å². The van der Waals surface area contributed by atoms with Crippen LogP contribution in [-0.4, -0.2) is 29.8 Å². The average molecular weight is 247 g/mol. The first-order valence-electron chi connectivity index (χ1n) is 4.95. The molecule has 1 aromatic rings. The summed E-state index contributed by atoms with van der Waals surface area (Å²) < 4.78 is 36.6. The Kier molecular flexibility index (Phi) is 4.96. The fourth-order valence-electron chi connectivity index (χ4n) is 1.33. The van der Waals surface area contributed by atoms with Gasteiger partial charge >= 0.3 is 5.97 Å². The van der Waals surface area contributed by atoms with Crippen LogP contribution in [0.3, 0.4) is 0 Å². The van der Waals surface area contributed by atoms with Gasteiger partial charge in [0.05, 0.1) is 0 Å². The van der Waals surface area contributed by atoms with E-state index in [-0.39, 0.29) is 6.42 Å². The van der Waals surface area contributed by atoms with Crippen LogP contribution >= 0.6 is 0 Å². The molecule has 2 unspecified atom stereocenters. The van der Waals surface area contributed by atoms with E-state index < -0.39 is 24.7 Å². The molecule has 0 aliphatic heterocycles. The van der Waals surface area contributed by atoms with Gasteiger partial charge in [-0.15, -0.1) is 0 Å². The first-order valence-corrected chi connectivity index (χ1v) is 4.95. The van der Waals surface area contributed by atoms with Crippen molar-refractivity contribution in [2.24, 2.45) is 0 Å². The summed E-state index contributed by atoms with van der Waals surface area (Å²) in [5, 5.41) is 10.5. The molecule has 0 saturated carbocycles. The Morgan fingerprint density at radius 2 is 1.82 bits per heavy atom. The van der Waals surface area contributed by atoms with Gasteiger partial charge in [0.1, 0.15) is 6.04 Å². The minimum Gasteiger partial charge on any atom is -0.480 e. The molecule has 6 heteroatoms. The highest BCUT2D eigenvalue weighted by molar-refractivity contribution is 5.73. The summed E-state index contributed by atoms with van der Waals surface area (Å²) in [4.78, 5) is 10.8. The Balaban J connectivity index is 2.64. The van der Waals surface area contributed by atoms with Crippen molar-refractivity contribution in [3.05, 3.63) is 35.9 Å². The maximum Gasteiger partial charge on any atom is 0.321 e. The van der Waals surface area contributed by atoms with E-state index in [1.54, 1.807) is 35.6 Å². The quantitative estimate of drug-likeness (QED) is 0.754. The largest absolute Gasteiger partial charge is 0.480 e. The molecule has 0 bridgehead atoms. The van der Waals surface area contributed by atoms with Gasteiger partial charge in [0.2, 0.25) is 6.30 Å². The van der Waals surface area contributed by atoms with Crippen LogP contribution in [0, 0.1) is 0 Å². The van der Waals surface area contributed by atoms with E-state index in [4.69, 9.17) is 5.11 Å². The van der Waals surface area contributed by atoms with E-state index in [1.165, 1.54) is 0 Å². The number of hydrogen-bond donors (Lipinski definition) is 2. The lowest BCUT2D eigenvalue weighted by Gasteiger charge is -2.17. The van der Waals surface area contributed by atoms with Crippen molar-refractivity contribution in [3.63, 3.8) is 0 Å². The third-order valence-electron chi connectivity index (χ3n) is 2.16. The van der Waals surface area contributed by atoms with E-state index in [1.807, 2.05) is 0 Å². The second-order valence-corrected chi connectivity index (χ2v) is 3.48. The van der Waals surface area contributed by atoms with Crippen molar-refractivity contribution >= 4 is 5.97 Å². The molecule has 17 heavy (non-hydrogen) atoms. The van der Waals surface area contributed by atoms with Gasteiger partial charge in [-0.25, -0.2) is 13.2 Å².